The van der Waals surface area contributed by atoms with Crippen LogP contribution in [0, 0.1) is 0 Å². The fourth-order valence-electron chi connectivity index (χ4n) is 3.13. The molecule has 0 amide bonds. The van der Waals surface area contributed by atoms with Gasteiger partial charge in [-0.25, -0.2) is 13.4 Å². The zero-order valence-electron chi connectivity index (χ0n) is 16.2. The largest absolute Gasteiger partial charge is 0.417 e. The number of rotatable bonds is 6. The third kappa shape index (κ3) is 4.40. The average Bonchev–Trinajstić information content (AvgIpc) is 2.62. The molecule has 0 aliphatic rings. The van der Waals surface area contributed by atoms with Gasteiger partial charge >= 0.3 is 6.18 Å². The third-order valence-corrected chi connectivity index (χ3v) is 6.33. The van der Waals surface area contributed by atoms with Crippen molar-refractivity contribution in [2.45, 2.75) is 50.9 Å². The van der Waals surface area contributed by atoms with Crippen LogP contribution >= 0.6 is 0 Å². The highest BCUT2D eigenvalue weighted by atomic mass is 32.2. The maximum absolute atomic E-state index is 12.9. The molecule has 1 heterocycles. The van der Waals surface area contributed by atoms with Gasteiger partial charge < -0.3 is 10.6 Å². The Bertz CT molecular complexity index is 944. The summed E-state index contributed by atoms with van der Waals surface area (Å²) in [4.78, 5) is 5.87. The first kappa shape index (κ1) is 22.0. The Balaban J connectivity index is 2.58. The summed E-state index contributed by atoms with van der Waals surface area (Å²) in [6, 6.07) is 6.77. The van der Waals surface area contributed by atoms with E-state index >= 15 is 0 Å². The van der Waals surface area contributed by atoms with E-state index in [4.69, 9.17) is 5.73 Å². The maximum atomic E-state index is 12.9. The van der Waals surface area contributed by atoms with E-state index in [0.717, 1.165) is 12.3 Å². The lowest BCUT2D eigenvalue weighted by molar-refractivity contribution is -0.137. The van der Waals surface area contributed by atoms with Crippen LogP contribution in [0.2, 0.25) is 0 Å². The molecule has 154 valence electrons. The summed E-state index contributed by atoms with van der Waals surface area (Å²) in [6.07, 6.45) is -3.81. The number of anilines is 2. The van der Waals surface area contributed by atoms with Gasteiger partial charge in [0.15, 0.2) is 15.7 Å². The molecule has 1 aromatic carbocycles. The Hall–Kier alpha value is -2.29. The maximum Gasteiger partial charge on any atom is 0.417 e. The van der Waals surface area contributed by atoms with Gasteiger partial charge in [-0.1, -0.05) is 25.1 Å². The van der Waals surface area contributed by atoms with Crippen molar-refractivity contribution >= 4 is 21.3 Å². The molecule has 0 fully saturated rings. The molecule has 0 aliphatic carbocycles. The lowest BCUT2D eigenvalue weighted by Gasteiger charge is -2.36. The Kier molecular flexibility index (Phi) is 6.27. The van der Waals surface area contributed by atoms with E-state index in [1.807, 2.05) is 13.8 Å². The zero-order chi connectivity index (χ0) is 21.3. The molecule has 0 saturated carbocycles. The van der Waals surface area contributed by atoms with Crippen LogP contribution in [0.3, 0.4) is 0 Å². The molecule has 1 aromatic heterocycles. The number of hydrogen-bond donors (Lipinski definition) is 1. The van der Waals surface area contributed by atoms with Gasteiger partial charge in [-0.05, 0) is 38.5 Å². The number of aromatic nitrogens is 1. The van der Waals surface area contributed by atoms with Crippen molar-refractivity contribution in [1.82, 2.24) is 4.98 Å². The number of nitrogens with zero attached hydrogens (tertiary/aromatic N) is 2. The van der Waals surface area contributed by atoms with Crippen molar-refractivity contribution in [1.29, 1.82) is 0 Å². The number of hydrogen-bond acceptors (Lipinski definition) is 5. The molecular weight excluding hydrogens is 391 g/mol. The average molecular weight is 415 g/mol. The fraction of sp³-hybridized carbons (Fsp3) is 0.421. The molecule has 2 aromatic rings. The smallest absolute Gasteiger partial charge is 0.396 e. The van der Waals surface area contributed by atoms with E-state index in [1.165, 1.54) is 6.07 Å². The minimum absolute atomic E-state index is 0.0565. The number of halogens is 3. The number of pyridine rings is 1. The second kappa shape index (κ2) is 7.98. The molecular formula is C19H24F3N3O2S. The molecule has 0 radical (unpaired) electrons. The van der Waals surface area contributed by atoms with E-state index < -0.39 is 27.6 Å². The van der Waals surface area contributed by atoms with Gasteiger partial charge in [0, 0.05) is 12.2 Å². The summed E-state index contributed by atoms with van der Waals surface area (Å²) in [7, 11) is -3.48. The van der Waals surface area contributed by atoms with Crippen molar-refractivity contribution < 1.29 is 21.6 Å². The first-order valence-corrected chi connectivity index (χ1v) is 10.5. The Morgan fingerprint density at radius 2 is 1.79 bits per heavy atom. The normalized spacial score (nSPS) is 13.6. The minimum atomic E-state index is -4.55. The first-order chi connectivity index (χ1) is 12.9. The summed E-state index contributed by atoms with van der Waals surface area (Å²) in [5.41, 5.74) is 5.39. The van der Waals surface area contributed by atoms with Crippen molar-refractivity contribution in [2.75, 3.05) is 16.4 Å². The third-order valence-electron chi connectivity index (χ3n) is 4.52. The predicted molar refractivity (Wildman–Crippen MR) is 104 cm³/mol. The summed E-state index contributed by atoms with van der Waals surface area (Å²) >= 11 is 0. The summed E-state index contributed by atoms with van der Waals surface area (Å²) in [5.74, 6) is 0.123. The molecule has 9 heteroatoms. The standard InChI is InChI=1S/C19H24F3N3O2S/c1-5-28(26,27)17-9-7-6-8-15(17)13(4)25(12(2)3)18-16(23)10-14(11-24-18)19(20,21)22/h6-13H,5,23H2,1-4H3. The number of benzene rings is 1. The Morgan fingerprint density at radius 3 is 2.29 bits per heavy atom. The second-order valence-corrected chi connectivity index (χ2v) is 9.00. The number of sulfone groups is 1. The lowest BCUT2D eigenvalue weighted by Crippen LogP contribution is -2.35. The molecule has 1 atom stereocenters. The van der Waals surface area contributed by atoms with Crippen molar-refractivity contribution in [3.63, 3.8) is 0 Å². The van der Waals surface area contributed by atoms with Crippen LogP contribution in [0.4, 0.5) is 24.7 Å². The summed E-state index contributed by atoms with van der Waals surface area (Å²) in [6.45, 7) is 7.02. The molecule has 5 nitrogen and oxygen atoms in total. The molecule has 28 heavy (non-hydrogen) atoms. The quantitative estimate of drug-likeness (QED) is 0.754. The van der Waals surface area contributed by atoms with Crippen LogP contribution < -0.4 is 10.6 Å². The zero-order valence-corrected chi connectivity index (χ0v) is 17.0. The van der Waals surface area contributed by atoms with E-state index in [-0.39, 0.29) is 28.2 Å². The van der Waals surface area contributed by atoms with Gasteiger partial charge in [-0.15, -0.1) is 0 Å². The fourth-order valence-corrected chi connectivity index (χ4v) is 4.33. The van der Waals surface area contributed by atoms with Crippen LogP contribution in [0.5, 0.6) is 0 Å². The van der Waals surface area contributed by atoms with Crippen molar-refractivity contribution in [3.05, 3.63) is 47.7 Å². The minimum Gasteiger partial charge on any atom is -0.396 e. The van der Waals surface area contributed by atoms with Crippen LogP contribution in [-0.2, 0) is 16.0 Å². The van der Waals surface area contributed by atoms with Crippen LogP contribution in [0.25, 0.3) is 0 Å². The first-order valence-electron chi connectivity index (χ1n) is 8.82. The van der Waals surface area contributed by atoms with E-state index in [0.29, 0.717) is 5.56 Å². The van der Waals surface area contributed by atoms with Gasteiger partial charge in [0.05, 0.1) is 27.9 Å². The highest BCUT2D eigenvalue weighted by Gasteiger charge is 2.33. The van der Waals surface area contributed by atoms with E-state index in [9.17, 15) is 21.6 Å². The van der Waals surface area contributed by atoms with Gasteiger partial charge in [-0.3, -0.25) is 0 Å². The SMILES string of the molecule is CCS(=O)(=O)c1ccccc1C(C)N(c1ncc(C(F)(F)F)cc1N)C(C)C. The van der Waals surface area contributed by atoms with Gasteiger partial charge in [0.1, 0.15) is 0 Å². The second-order valence-electron chi connectivity index (χ2n) is 6.75. The number of alkyl halides is 3. The Morgan fingerprint density at radius 1 is 1.18 bits per heavy atom. The molecule has 1 unspecified atom stereocenters. The monoisotopic (exact) mass is 415 g/mol. The molecule has 0 aliphatic heterocycles. The Labute approximate surface area is 163 Å². The number of nitrogen functional groups attached to an aromatic ring is 1. The molecule has 0 bridgehead atoms. The van der Waals surface area contributed by atoms with E-state index in [1.54, 1.807) is 36.9 Å². The molecule has 0 spiro atoms. The van der Waals surface area contributed by atoms with Gasteiger partial charge in [0.25, 0.3) is 0 Å². The van der Waals surface area contributed by atoms with Gasteiger partial charge in [0.2, 0.25) is 0 Å². The van der Waals surface area contributed by atoms with Crippen molar-refractivity contribution in [3.8, 4) is 0 Å². The predicted octanol–water partition coefficient (Wildman–Crippen LogP) is 4.45. The molecule has 2 N–H and O–H groups in total. The number of nitrogens with two attached hydrogens (primary N) is 1. The van der Waals surface area contributed by atoms with Gasteiger partial charge in [-0.2, -0.15) is 13.2 Å². The highest BCUT2D eigenvalue weighted by molar-refractivity contribution is 7.91. The lowest BCUT2D eigenvalue weighted by atomic mass is 10.0. The van der Waals surface area contributed by atoms with E-state index in [2.05, 4.69) is 4.98 Å². The summed E-state index contributed by atoms with van der Waals surface area (Å²) < 4.78 is 63.8. The molecule has 0 saturated heterocycles. The molecule has 2 rings (SSSR count). The van der Waals surface area contributed by atoms with Crippen molar-refractivity contribution in [2.24, 2.45) is 0 Å². The van der Waals surface area contributed by atoms with Crippen LogP contribution in [0.15, 0.2) is 41.4 Å². The summed E-state index contributed by atoms with van der Waals surface area (Å²) in [5, 5.41) is 0. The topological polar surface area (TPSA) is 76.3 Å². The van der Waals surface area contributed by atoms with Crippen LogP contribution in [0.1, 0.15) is 44.9 Å². The van der Waals surface area contributed by atoms with Crippen LogP contribution in [-0.4, -0.2) is 25.2 Å². The highest BCUT2D eigenvalue weighted by Crippen LogP contribution is 2.37.